The van der Waals surface area contributed by atoms with Gasteiger partial charge in [-0.2, -0.15) is 0 Å². The normalized spacial score (nSPS) is 11.4. The van der Waals surface area contributed by atoms with Gasteiger partial charge < -0.3 is 9.84 Å². The van der Waals surface area contributed by atoms with Crippen LogP contribution < -0.4 is 9.46 Å². The highest BCUT2D eigenvalue weighted by molar-refractivity contribution is 7.89. The Hall–Kier alpha value is -1.97. The van der Waals surface area contributed by atoms with Crippen LogP contribution in [-0.4, -0.2) is 38.1 Å². The summed E-state index contributed by atoms with van der Waals surface area (Å²) < 4.78 is 31.9. The number of hydrogen-bond acceptors (Lipinski definition) is 6. The number of aryl methyl sites for hydroxylation is 1. The molecule has 0 saturated carbocycles. The van der Waals surface area contributed by atoms with E-state index in [9.17, 15) is 13.2 Å². The number of benzene rings is 1. The number of rotatable bonds is 7. The second kappa shape index (κ2) is 7.07. The zero-order valence-corrected chi connectivity index (χ0v) is 14.2. The number of aromatic nitrogens is 1. The molecule has 0 radical (unpaired) electrons. The molecule has 0 aliphatic rings. The Morgan fingerprint density at radius 3 is 2.74 bits per heavy atom. The molecule has 7 nitrogen and oxygen atoms in total. The molecule has 1 aromatic heterocycles. The lowest BCUT2D eigenvalue weighted by Crippen LogP contribution is -2.26. The molecule has 2 aromatic rings. The van der Waals surface area contributed by atoms with Crippen LogP contribution in [0.25, 0.3) is 0 Å². The van der Waals surface area contributed by atoms with Gasteiger partial charge in [0.25, 0.3) is 0 Å². The summed E-state index contributed by atoms with van der Waals surface area (Å²) in [5.41, 5.74) is 2.39. The molecule has 0 fully saturated rings. The van der Waals surface area contributed by atoms with Gasteiger partial charge in [-0.25, -0.2) is 22.9 Å². The summed E-state index contributed by atoms with van der Waals surface area (Å²) in [4.78, 5) is 16.2. The van der Waals surface area contributed by atoms with Gasteiger partial charge in [0.15, 0.2) is 0 Å². The smallest absolute Gasteiger partial charge is 0.339 e. The topological polar surface area (TPSA) is 106 Å². The number of ether oxygens (including phenoxy) is 1. The van der Waals surface area contributed by atoms with E-state index in [-0.39, 0.29) is 22.8 Å². The van der Waals surface area contributed by atoms with Gasteiger partial charge in [0, 0.05) is 11.4 Å². The maximum absolute atomic E-state index is 12.3. The molecule has 0 aliphatic heterocycles. The molecule has 0 amide bonds. The summed E-state index contributed by atoms with van der Waals surface area (Å²) in [6.07, 6.45) is 0.525. The summed E-state index contributed by atoms with van der Waals surface area (Å²) in [5, 5.41) is 9.12. The van der Waals surface area contributed by atoms with Gasteiger partial charge in [-0.3, -0.25) is 0 Å². The molecule has 0 atom stereocenters. The van der Waals surface area contributed by atoms with Crippen molar-refractivity contribution in [2.24, 2.45) is 0 Å². The van der Waals surface area contributed by atoms with Crippen LogP contribution in [0.2, 0.25) is 0 Å². The molecule has 0 unspecified atom stereocenters. The van der Waals surface area contributed by atoms with Gasteiger partial charge in [0.05, 0.1) is 23.2 Å². The van der Waals surface area contributed by atoms with Gasteiger partial charge in [0.2, 0.25) is 10.0 Å². The summed E-state index contributed by atoms with van der Waals surface area (Å²) in [5.74, 6) is -1.14. The van der Waals surface area contributed by atoms with Crippen molar-refractivity contribution in [2.75, 3.05) is 13.7 Å². The van der Waals surface area contributed by atoms with E-state index >= 15 is 0 Å². The third-order valence-electron chi connectivity index (χ3n) is 3.20. The van der Waals surface area contributed by atoms with Gasteiger partial charge >= 0.3 is 5.97 Å². The number of nitrogens with zero attached hydrogens (tertiary/aromatic N) is 1. The summed E-state index contributed by atoms with van der Waals surface area (Å²) in [6.45, 7) is 2.07. The number of thiazole rings is 1. The van der Waals surface area contributed by atoms with Crippen LogP contribution in [0.15, 0.2) is 28.6 Å². The van der Waals surface area contributed by atoms with Crippen molar-refractivity contribution in [3.63, 3.8) is 0 Å². The van der Waals surface area contributed by atoms with Crippen LogP contribution in [0.5, 0.6) is 5.75 Å². The number of nitrogens with one attached hydrogen (secondary N) is 1. The Kier molecular flexibility index (Phi) is 5.34. The molecule has 0 saturated heterocycles. The number of carbonyl (C=O) groups is 1. The molecular weight excluding hydrogens is 340 g/mol. The molecular formula is C14H16N2O5S2. The quantitative estimate of drug-likeness (QED) is 0.782. The fraction of sp³-hybridized carbons (Fsp3) is 0.286. The Morgan fingerprint density at radius 2 is 2.17 bits per heavy atom. The standard InChI is InChI=1S/C14H16N2O5S2/c1-9-13(22-8-15-9)5-6-16-23(19,20)10-3-4-12(21-2)11(7-10)14(17)18/h3-4,7-8,16H,5-6H2,1-2H3,(H,17,18). The van der Waals surface area contributed by atoms with E-state index in [2.05, 4.69) is 9.71 Å². The van der Waals surface area contributed by atoms with Gasteiger partial charge in [0.1, 0.15) is 11.3 Å². The lowest BCUT2D eigenvalue weighted by Gasteiger charge is -2.09. The molecule has 23 heavy (non-hydrogen) atoms. The molecule has 1 aromatic carbocycles. The number of carboxylic acids is 1. The third-order valence-corrected chi connectivity index (χ3v) is 5.65. The van der Waals surface area contributed by atoms with Crippen LogP contribution in [0.4, 0.5) is 0 Å². The van der Waals surface area contributed by atoms with Crippen LogP contribution in [0.3, 0.4) is 0 Å². The minimum atomic E-state index is -3.79. The van der Waals surface area contributed by atoms with Crippen molar-refractivity contribution >= 4 is 27.3 Å². The number of hydrogen-bond donors (Lipinski definition) is 2. The van der Waals surface area contributed by atoms with Crippen molar-refractivity contribution in [1.82, 2.24) is 9.71 Å². The van der Waals surface area contributed by atoms with E-state index in [0.717, 1.165) is 16.6 Å². The highest BCUT2D eigenvalue weighted by Gasteiger charge is 2.19. The van der Waals surface area contributed by atoms with Crippen LogP contribution >= 0.6 is 11.3 Å². The molecule has 0 bridgehead atoms. The number of methoxy groups -OCH3 is 1. The zero-order chi connectivity index (χ0) is 17.0. The molecule has 2 rings (SSSR count). The first-order valence-electron chi connectivity index (χ1n) is 6.65. The molecule has 0 aliphatic carbocycles. The first kappa shape index (κ1) is 17.4. The second-order valence-electron chi connectivity index (χ2n) is 4.68. The number of sulfonamides is 1. The number of aromatic carboxylic acids is 1. The molecule has 2 N–H and O–H groups in total. The summed E-state index contributed by atoms with van der Waals surface area (Å²) in [7, 11) is -2.47. The van der Waals surface area contributed by atoms with Crippen molar-refractivity contribution < 1.29 is 23.1 Å². The summed E-state index contributed by atoms with van der Waals surface area (Å²) in [6, 6.07) is 3.72. The maximum atomic E-state index is 12.3. The van der Waals surface area contributed by atoms with Gasteiger partial charge in [-0.15, -0.1) is 11.3 Å². The Morgan fingerprint density at radius 1 is 1.43 bits per heavy atom. The predicted molar refractivity (Wildman–Crippen MR) is 85.7 cm³/mol. The second-order valence-corrected chi connectivity index (χ2v) is 7.38. The lowest BCUT2D eigenvalue weighted by atomic mass is 10.2. The minimum absolute atomic E-state index is 0.108. The fourth-order valence-electron chi connectivity index (χ4n) is 1.97. The largest absolute Gasteiger partial charge is 0.496 e. The molecule has 9 heteroatoms. The van der Waals surface area contributed by atoms with Crippen LogP contribution in [0.1, 0.15) is 20.9 Å². The van der Waals surface area contributed by atoms with Crippen molar-refractivity contribution in [3.05, 3.63) is 39.8 Å². The number of carboxylic acid groups (broad SMARTS) is 1. The Labute approximate surface area is 138 Å². The average molecular weight is 356 g/mol. The van der Waals surface area contributed by atoms with Gasteiger partial charge in [-0.05, 0) is 31.5 Å². The highest BCUT2D eigenvalue weighted by Crippen LogP contribution is 2.22. The van der Waals surface area contributed by atoms with E-state index < -0.39 is 16.0 Å². The molecule has 1 heterocycles. The maximum Gasteiger partial charge on any atom is 0.339 e. The van der Waals surface area contributed by atoms with Crippen LogP contribution in [0, 0.1) is 6.92 Å². The van der Waals surface area contributed by atoms with E-state index in [0.29, 0.717) is 6.42 Å². The molecule has 124 valence electrons. The monoisotopic (exact) mass is 356 g/mol. The van der Waals surface area contributed by atoms with Crippen molar-refractivity contribution in [3.8, 4) is 5.75 Å². The van der Waals surface area contributed by atoms with Crippen molar-refractivity contribution in [1.29, 1.82) is 0 Å². The fourth-order valence-corrected chi connectivity index (χ4v) is 3.81. The highest BCUT2D eigenvalue weighted by atomic mass is 32.2. The lowest BCUT2D eigenvalue weighted by molar-refractivity contribution is 0.0693. The summed E-state index contributed by atoms with van der Waals surface area (Å²) >= 11 is 1.47. The SMILES string of the molecule is COc1ccc(S(=O)(=O)NCCc2scnc2C)cc1C(=O)O. The van der Waals surface area contributed by atoms with E-state index in [1.807, 2.05) is 6.92 Å². The molecule has 0 spiro atoms. The zero-order valence-electron chi connectivity index (χ0n) is 12.6. The van der Waals surface area contributed by atoms with Crippen LogP contribution in [-0.2, 0) is 16.4 Å². The first-order chi connectivity index (χ1) is 10.8. The average Bonchev–Trinajstić information content (AvgIpc) is 2.91. The van der Waals surface area contributed by atoms with E-state index in [4.69, 9.17) is 9.84 Å². The van der Waals surface area contributed by atoms with Crippen molar-refractivity contribution in [2.45, 2.75) is 18.2 Å². The Bertz CT molecular complexity index is 814. The predicted octanol–water partition coefficient (Wildman–Crippen LogP) is 1.68. The Balaban J connectivity index is 2.14. The van der Waals surface area contributed by atoms with E-state index in [1.165, 1.54) is 30.6 Å². The van der Waals surface area contributed by atoms with Gasteiger partial charge in [-0.1, -0.05) is 0 Å². The van der Waals surface area contributed by atoms with E-state index in [1.54, 1.807) is 5.51 Å². The first-order valence-corrected chi connectivity index (χ1v) is 9.01. The third kappa shape index (κ3) is 4.06. The minimum Gasteiger partial charge on any atom is -0.496 e.